The third kappa shape index (κ3) is 6.81. The minimum absolute atomic E-state index is 0.174. The second-order valence-corrected chi connectivity index (χ2v) is 13.0. The maximum Gasteiger partial charge on any atom is 0.208 e. The van der Waals surface area contributed by atoms with Crippen molar-refractivity contribution in [2.45, 2.75) is 66.2 Å². The highest BCUT2D eigenvalue weighted by Crippen LogP contribution is 2.42. The first-order chi connectivity index (χ1) is 15.4. The second-order valence-electron chi connectivity index (χ2n) is 9.67. The van der Waals surface area contributed by atoms with Gasteiger partial charge in [-0.3, -0.25) is 4.79 Å². The molecule has 1 aromatic heterocycles. The summed E-state index contributed by atoms with van der Waals surface area (Å²) in [5.74, 6) is 0.765. The van der Waals surface area contributed by atoms with E-state index in [2.05, 4.69) is 25.5 Å². The van der Waals surface area contributed by atoms with Gasteiger partial charge in [0, 0.05) is 17.8 Å². The summed E-state index contributed by atoms with van der Waals surface area (Å²) in [7, 11) is -3.25. The van der Waals surface area contributed by atoms with E-state index in [9.17, 15) is 13.2 Å². The van der Waals surface area contributed by atoms with E-state index in [1.807, 2.05) is 19.1 Å². The SMILES string of the molecule is CCc1sc(C(=O)CCc2cc(C)c(OCCNS(C)(=O)=O)c(Cl)c2)c2c1CC(C)(C)CC2. The molecule has 0 radical (unpaired) electrons. The molecule has 0 saturated carbocycles. The highest BCUT2D eigenvalue weighted by atomic mass is 35.5. The maximum absolute atomic E-state index is 13.2. The van der Waals surface area contributed by atoms with Crippen molar-refractivity contribution in [1.82, 2.24) is 4.72 Å². The number of halogens is 1. The van der Waals surface area contributed by atoms with Gasteiger partial charge in [-0.05, 0) is 72.8 Å². The molecule has 5 nitrogen and oxygen atoms in total. The van der Waals surface area contributed by atoms with Crippen molar-refractivity contribution < 1.29 is 17.9 Å². The fourth-order valence-corrected chi connectivity index (χ4v) is 6.51. The molecule has 0 saturated heterocycles. The van der Waals surface area contributed by atoms with Crippen LogP contribution in [0.5, 0.6) is 5.75 Å². The van der Waals surface area contributed by atoms with Crippen molar-refractivity contribution in [1.29, 1.82) is 0 Å². The van der Waals surface area contributed by atoms with Crippen LogP contribution in [0.1, 0.15) is 70.4 Å². The van der Waals surface area contributed by atoms with Crippen LogP contribution < -0.4 is 9.46 Å². The number of thiophene rings is 1. The third-order valence-electron chi connectivity index (χ3n) is 6.12. The van der Waals surface area contributed by atoms with Crippen LogP contribution in [0.25, 0.3) is 0 Å². The van der Waals surface area contributed by atoms with E-state index in [0.717, 1.165) is 47.9 Å². The van der Waals surface area contributed by atoms with Crippen LogP contribution in [0, 0.1) is 12.3 Å². The highest BCUT2D eigenvalue weighted by Gasteiger charge is 2.31. The largest absolute Gasteiger partial charge is 0.490 e. The summed E-state index contributed by atoms with van der Waals surface area (Å²) in [5.41, 5.74) is 4.88. The van der Waals surface area contributed by atoms with Gasteiger partial charge in [0.05, 0.1) is 16.2 Å². The van der Waals surface area contributed by atoms with Gasteiger partial charge in [-0.2, -0.15) is 0 Å². The Morgan fingerprint density at radius 3 is 2.64 bits per heavy atom. The van der Waals surface area contributed by atoms with E-state index >= 15 is 0 Å². The molecule has 0 fully saturated rings. The molecule has 182 valence electrons. The average Bonchev–Trinajstić information content (AvgIpc) is 3.06. The summed E-state index contributed by atoms with van der Waals surface area (Å²) in [6.07, 6.45) is 6.33. The summed E-state index contributed by atoms with van der Waals surface area (Å²) >= 11 is 8.13. The zero-order valence-corrected chi connectivity index (χ0v) is 22.5. The predicted octanol–water partition coefficient (Wildman–Crippen LogP) is 5.53. The first-order valence-electron chi connectivity index (χ1n) is 11.4. The average molecular weight is 512 g/mol. The topological polar surface area (TPSA) is 72.5 Å². The summed E-state index contributed by atoms with van der Waals surface area (Å²) in [6, 6.07) is 3.83. The van der Waals surface area contributed by atoms with Crippen molar-refractivity contribution in [3.63, 3.8) is 0 Å². The Bertz CT molecular complexity index is 1110. The van der Waals surface area contributed by atoms with E-state index in [1.165, 1.54) is 16.0 Å². The first-order valence-corrected chi connectivity index (χ1v) is 14.5. The fourth-order valence-electron chi connectivity index (χ4n) is 4.44. The zero-order chi connectivity index (χ0) is 24.4. The van der Waals surface area contributed by atoms with Gasteiger partial charge in [-0.15, -0.1) is 11.3 Å². The van der Waals surface area contributed by atoms with Gasteiger partial charge >= 0.3 is 0 Å². The van der Waals surface area contributed by atoms with E-state index in [1.54, 1.807) is 11.3 Å². The van der Waals surface area contributed by atoms with Crippen LogP contribution in [0.3, 0.4) is 0 Å². The number of rotatable bonds is 10. The van der Waals surface area contributed by atoms with Crippen molar-refractivity contribution in [3.05, 3.63) is 49.2 Å². The predicted molar refractivity (Wildman–Crippen MR) is 137 cm³/mol. The number of ether oxygens (including phenoxy) is 1. The Morgan fingerprint density at radius 1 is 1.27 bits per heavy atom. The Labute approximate surface area is 206 Å². The number of aryl methyl sites for hydroxylation is 3. The molecule has 0 bridgehead atoms. The molecule has 8 heteroatoms. The lowest BCUT2D eigenvalue weighted by molar-refractivity contribution is 0.0985. The minimum atomic E-state index is -3.25. The number of sulfonamides is 1. The van der Waals surface area contributed by atoms with Crippen LogP contribution in [0.4, 0.5) is 0 Å². The molecule has 0 spiro atoms. The molecule has 0 atom stereocenters. The van der Waals surface area contributed by atoms with Gasteiger partial charge in [0.2, 0.25) is 10.0 Å². The third-order valence-corrected chi connectivity index (χ3v) is 8.59. The van der Waals surface area contributed by atoms with Gasteiger partial charge < -0.3 is 4.74 Å². The van der Waals surface area contributed by atoms with Crippen LogP contribution >= 0.6 is 22.9 Å². The lowest BCUT2D eigenvalue weighted by Crippen LogP contribution is -2.27. The van der Waals surface area contributed by atoms with Gasteiger partial charge in [0.25, 0.3) is 0 Å². The Morgan fingerprint density at radius 2 is 2.00 bits per heavy atom. The summed E-state index contributed by atoms with van der Waals surface area (Å²) in [4.78, 5) is 15.5. The van der Waals surface area contributed by atoms with Crippen molar-refractivity contribution in [3.8, 4) is 5.75 Å². The summed E-state index contributed by atoms with van der Waals surface area (Å²) in [5, 5.41) is 0.473. The van der Waals surface area contributed by atoms with Crippen LogP contribution in [-0.4, -0.2) is 33.6 Å². The molecule has 1 aromatic carbocycles. The molecule has 1 aliphatic rings. The molecule has 1 N–H and O–H groups in total. The van der Waals surface area contributed by atoms with Gasteiger partial charge in [0.15, 0.2) is 5.78 Å². The Kier molecular flexibility index (Phi) is 8.31. The molecular formula is C25H34ClNO4S2. The standard InChI is InChI=1S/C25H34ClNO4S2/c1-6-22-19-15-25(3,4)10-9-18(19)24(32-22)21(28)8-7-17-13-16(2)23(20(26)14-17)31-12-11-27-33(5,29)30/h13-14,27H,6-12,15H2,1-5H3. The van der Waals surface area contributed by atoms with Gasteiger partial charge in [-0.1, -0.05) is 38.4 Å². The number of Topliss-reactive ketones (excluding diaryl/α,β-unsaturated/α-hetero) is 1. The number of hydrogen-bond donors (Lipinski definition) is 1. The van der Waals surface area contributed by atoms with E-state index in [-0.39, 0.29) is 18.9 Å². The summed E-state index contributed by atoms with van der Waals surface area (Å²) < 4.78 is 30.4. The van der Waals surface area contributed by atoms with E-state index in [4.69, 9.17) is 16.3 Å². The summed E-state index contributed by atoms with van der Waals surface area (Å²) in [6.45, 7) is 9.07. The molecule has 1 heterocycles. The number of carbonyl (C=O) groups excluding carboxylic acids is 1. The number of carbonyl (C=O) groups is 1. The van der Waals surface area contributed by atoms with Crippen LogP contribution in [0.15, 0.2) is 12.1 Å². The van der Waals surface area contributed by atoms with E-state index < -0.39 is 10.0 Å². The minimum Gasteiger partial charge on any atom is -0.490 e. The molecule has 1 aliphatic carbocycles. The molecule has 33 heavy (non-hydrogen) atoms. The monoisotopic (exact) mass is 511 g/mol. The van der Waals surface area contributed by atoms with Crippen molar-refractivity contribution >= 4 is 38.7 Å². The number of nitrogens with one attached hydrogen (secondary N) is 1. The number of hydrogen-bond acceptors (Lipinski definition) is 5. The van der Waals surface area contributed by atoms with Crippen LogP contribution in [0.2, 0.25) is 5.02 Å². The zero-order valence-electron chi connectivity index (χ0n) is 20.1. The lowest BCUT2D eigenvalue weighted by atomic mass is 9.74. The molecule has 2 aromatic rings. The Hall–Kier alpha value is -1.41. The highest BCUT2D eigenvalue weighted by molar-refractivity contribution is 7.88. The maximum atomic E-state index is 13.2. The number of ketones is 1. The van der Waals surface area contributed by atoms with Gasteiger partial charge in [-0.25, -0.2) is 13.1 Å². The van der Waals surface area contributed by atoms with Crippen molar-refractivity contribution in [2.75, 3.05) is 19.4 Å². The number of fused-ring (bicyclic) bond motifs is 1. The molecule has 3 rings (SSSR count). The first kappa shape index (κ1) is 26.2. The van der Waals surface area contributed by atoms with Gasteiger partial charge in [0.1, 0.15) is 12.4 Å². The van der Waals surface area contributed by atoms with E-state index in [0.29, 0.717) is 29.0 Å². The van der Waals surface area contributed by atoms with Crippen molar-refractivity contribution in [2.24, 2.45) is 5.41 Å². The molecule has 0 amide bonds. The normalized spacial score (nSPS) is 15.3. The fraction of sp³-hybridized carbons (Fsp3) is 0.560. The Balaban J connectivity index is 1.66. The smallest absolute Gasteiger partial charge is 0.208 e. The lowest BCUT2D eigenvalue weighted by Gasteiger charge is -2.30. The number of benzene rings is 1. The molecular weight excluding hydrogens is 478 g/mol. The van der Waals surface area contributed by atoms with Crippen LogP contribution in [-0.2, 0) is 35.7 Å². The molecule has 0 aliphatic heterocycles. The quantitative estimate of drug-likeness (QED) is 0.336. The second kappa shape index (κ2) is 10.5. The molecule has 0 unspecified atom stereocenters.